The molecule has 0 bridgehead atoms. The molecule has 2 nitrogen and oxygen atoms in total. The maximum Gasteiger partial charge on any atom is 0.0170 e. The predicted molar refractivity (Wildman–Crippen MR) is 83.4 cm³/mol. The summed E-state index contributed by atoms with van der Waals surface area (Å²) in [6, 6.07) is 9.83. The van der Waals surface area contributed by atoms with E-state index in [1.54, 1.807) is 0 Å². The smallest absolute Gasteiger partial charge is 0.0170 e. The van der Waals surface area contributed by atoms with E-state index in [1.807, 2.05) is 14.1 Å². The van der Waals surface area contributed by atoms with E-state index in [0.717, 1.165) is 12.8 Å². The lowest BCUT2D eigenvalue weighted by atomic mass is 9.73. The van der Waals surface area contributed by atoms with E-state index in [1.165, 1.54) is 11.1 Å². The van der Waals surface area contributed by atoms with Crippen molar-refractivity contribution in [1.29, 1.82) is 0 Å². The summed E-state index contributed by atoms with van der Waals surface area (Å²) in [7, 11) is 4.09. The molecule has 1 aliphatic rings. The molecular formula is C17H26N2. The SMILES string of the molecule is CNC(C)CC1(CC(C)NC)C=Cc2ccccc21. The zero-order valence-corrected chi connectivity index (χ0v) is 12.5. The molecule has 2 heteroatoms. The van der Waals surface area contributed by atoms with Crippen LogP contribution < -0.4 is 10.6 Å². The van der Waals surface area contributed by atoms with Crippen molar-refractivity contribution in [2.24, 2.45) is 0 Å². The molecule has 0 saturated heterocycles. The molecular weight excluding hydrogens is 232 g/mol. The zero-order chi connectivity index (χ0) is 13.9. The van der Waals surface area contributed by atoms with Crippen molar-refractivity contribution >= 4 is 6.08 Å². The molecule has 2 N–H and O–H groups in total. The van der Waals surface area contributed by atoms with Crippen LogP contribution in [0.1, 0.15) is 37.8 Å². The molecule has 1 aromatic rings. The van der Waals surface area contributed by atoms with Crippen molar-refractivity contribution in [3.05, 3.63) is 41.5 Å². The van der Waals surface area contributed by atoms with Gasteiger partial charge in [-0.15, -0.1) is 0 Å². The van der Waals surface area contributed by atoms with Gasteiger partial charge < -0.3 is 10.6 Å². The van der Waals surface area contributed by atoms with Crippen LogP contribution in [0.25, 0.3) is 6.08 Å². The van der Waals surface area contributed by atoms with Crippen molar-refractivity contribution in [2.45, 2.75) is 44.2 Å². The van der Waals surface area contributed by atoms with Gasteiger partial charge in [0.25, 0.3) is 0 Å². The predicted octanol–water partition coefficient (Wildman–Crippen LogP) is 2.95. The third kappa shape index (κ3) is 2.90. The van der Waals surface area contributed by atoms with Crippen molar-refractivity contribution in [3.8, 4) is 0 Å². The molecule has 0 amide bonds. The molecule has 1 aliphatic carbocycles. The van der Waals surface area contributed by atoms with Crippen molar-refractivity contribution in [2.75, 3.05) is 14.1 Å². The van der Waals surface area contributed by atoms with Crippen LogP contribution in [0.3, 0.4) is 0 Å². The van der Waals surface area contributed by atoms with Gasteiger partial charge in [0.1, 0.15) is 0 Å². The van der Waals surface area contributed by atoms with E-state index in [4.69, 9.17) is 0 Å². The number of nitrogens with one attached hydrogen (secondary N) is 2. The number of benzene rings is 1. The Balaban J connectivity index is 2.34. The van der Waals surface area contributed by atoms with Crippen molar-refractivity contribution in [3.63, 3.8) is 0 Å². The highest BCUT2D eigenvalue weighted by Gasteiger charge is 2.36. The highest BCUT2D eigenvalue weighted by atomic mass is 14.9. The summed E-state index contributed by atoms with van der Waals surface area (Å²) >= 11 is 0. The molecule has 2 rings (SSSR count). The highest BCUT2D eigenvalue weighted by Crippen LogP contribution is 2.42. The molecule has 19 heavy (non-hydrogen) atoms. The number of fused-ring (bicyclic) bond motifs is 1. The fraction of sp³-hybridized carbons (Fsp3) is 0.529. The second kappa shape index (κ2) is 5.89. The third-order valence-electron chi connectivity index (χ3n) is 4.41. The van der Waals surface area contributed by atoms with Crippen LogP contribution in [0.2, 0.25) is 0 Å². The lowest BCUT2D eigenvalue weighted by Crippen LogP contribution is -2.38. The summed E-state index contributed by atoms with van der Waals surface area (Å²) in [6.45, 7) is 4.53. The fourth-order valence-electron chi connectivity index (χ4n) is 3.17. The summed E-state index contributed by atoms with van der Waals surface area (Å²) in [5, 5.41) is 6.77. The van der Waals surface area contributed by atoms with Gasteiger partial charge in [0.15, 0.2) is 0 Å². The summed E-state index contributed by atoms with van der Waals surface area (Å²) in [4.78, 5) is 0. The maximum atomic E-state index is 3.38. The largest absolute Gasteiger partial charge is 0.317 e. The Morgan fingerprint density at radius 2 is 1.58 bits per heavy atom. The minimum absolute atomic E-state index is 0.168. The lowest BCUT2D eigenvalue weighted by molar-refractivity contribution is 0.357. The number of allylic oxidation sites excluding steroid dienone is 1. The first-order valence-corrected chi connectivity index (χ1v) is 7.24. The van der Waals surface area contributed by atoms with E-state index in [2.05, 4.69) is 60.9 Å². The first kappa shape index (κ1) is 14.3. The van der Waals surface area contributed by atoms with E-state index in [0.29, 0.717) is 12.1 Å². The molecule has 2 unspecified atom stereocenters. The molecule has 0 saturated carbocycles. The minimum atomic E-state index is 0.168. The monoisotopic (exact) mass is 258 g/mol. The van der Waals surface area contributed by atoms with Crippen molar-refractivity contribution in [1.82, 2.24) is 10.6 Å². The molecule has 0 aliphatic heterocycles. The van der Waals surface area contributed by atoms with Crippen LogP contribution >= 0.6 is 0 Å². The fourth-order valence-corrected chi connectivity index (χ4v) is 3.17. The molecule has 104 valence electrons. The van der Waals surface area contributed by atoms with Gasteiger partial charge in [-0.3, -0.25) is 0 Å². The first-order valence-electron chi connectivity index (χ1n) is 7.24. The summed E-state index contributed by atoms with van der Waals surface area (Å²) in [5.41, 5.74) is 3.04. The van der Waals surface area contributed by atoms with Gasteiger partial charge in [0, 0.05) is 17.5 Å². The topological polar surface area (TPSA) is 24.1 Å². The van der Waals surface area contributed by atoms with E-state index in [-0.39, 0.29) is 5.41 Å². The van der Waals surface area contributed by atoms with Gasteiger partial charge in [-0.25, -0.2) is 0 Å². The van der Waals surface area contributed by atoms with Crippen LogP contribution in [-0.4, -0.2) is 26.2 Å². The zero-order valence-electron chi connectivity index (χ0n) is 12.5. The number of hydrogen-bond acceptors (Lipinski definition) is 2. The van der Waals surface area contributed by atoms with E-state index in [9.17, 15) is 0 Å². The van der Waals surface area contributed by atoms with E-state index < -0.39 is 0 Å². The lowest BCUT2D eigenvalue weighted by Gasteiger charge is -2.34. The van der Waals surface area contributed by atoms with Crippen LogP contribution in [-0.2, 0) is 5.41 Å². The molecule has 0 aromatic heterocycles. The van der Waals surface area contributed by atoms with Crippen molar-refractivity contribution < 1.29 is 0 Å². The van der Waals surface area contributed by atoms with Gasteiger partial charge in [-0.1, -0.05) is 36.4 Å². The normalized spacial score (nSPS) is 24.2. The summed E-state index contributed by atoms with van der Waals surface area (Å²) < 4.78 is 0. The second-order valence-electron chi connectivity index (χ2n) is 5.86. The Hall–Kier alpha value is -1.12. The molecule has 0 spiro atoms. The van der Waals surface area contributed by atoms with Gasteiger partial charge in [-0.05, 0) is 51.9 Å². The molecule has 1 aromatic carbocycles. The first-order chi connectivity index (χ1) is 9.11. The minimum Gasteiger partial charge on any atom is -0.317 e. The van der Waals surface area contributed by atoms with Gasteiger partial charge in [0.05, 0.1) is 0 Å². The van der Waals surface area contributed by atoms with Crippen LogP contribution in [0.4, 0.5) is 0 Å². The maximum absolute atomic E-state index is 3.38. The van der Waals surface area contributed by atoms with E-state index >= 15 is 0 Å². The Labute approximate surface area is 117 Å². The average Bonchev–Trinajstić information content (AvgIpc) is 2.78. The van der Waals surface area contributed by atoms with Gasteiger partial charge >= 0.3 is 0 Å². The third-order valence-corrected chi connectivity index (χ3v) is 4.41. The van der Waals surface area contributed by atoms with Crippen LogP contribution in [0.15, 0.2) is 30.3 Å². The average molecular weight is 258 g/mol. The van der Waals surface area contributed by atoms with Crippen LogP contribution in [0, 0.1) is 0 Å². The Morgan fingerprint density at radius 1 is 1.00 bits per heavy atom. The van der Waals surface area contributed by atoms with Crippen LogP contribution in [0.5, 0.6) is 0 Å². The number of rotatable bonds is 6. The Kier molecular flexibility index (Phi) is 4.43. The van der Waals surface area contributed by atoms with Gasteiger partial charge in [-0.2, -0.15) is 0 Å². The second-order valence-corrected chi connectivity index (χ2v) is 5.86. The number of hydrogen-bond donors (Lipinski definition) is 2. The van der Waals surface area contributed by atoms with Gasteiger partial charge in [0.2, 0.25) is 0 Å². The molecule has 0 fully saturated rings. The summed E-state index contributed by atoms with van der Waals surface area (Å²) in [5.74, 6) is 0. The standard InChI is InChI=1S/C17H26N2/c1-13(18-3)11-17(12-14(2)19-4)10-9-15-7-5-6-8-16(15)17/h5-10,13-14,18-19H,11-12H2,1-4H3. The Morgan fingerprint density at radius 3 is 2.16 bits per heavy atom. The molecule has 0 heterocycles. The molecule has 0 radical (unpaired) electrons. The summed E-state index contributed by atoms with van der Waals surface area (Å²) in [6.07, 6.45) is 6.99. The highest BCUT2D eigenvalue weighted by molar-refractivity contribution is 5.65. The molecule has 2 atom stereocenters. The Bertz CT molecular complexity index is 438. The quantitative estimate of drug-likeness (QED) is 0.820.